The third-order valence-electron chi connectivity index (χ3n) is 3.81. The number of aryl methyl sites for hydroxylation is 1. The summed E-state index contributed by atoms with van der Waals surface area (Å²) in [4.78, 5) is 4.57. The summed E-state index contributed by atoms with van der Waals surface area (Å²) < 4.78 is 2.13. The first-order valence-electron chi connectivity index (χ1n) is 7.20. The van der Waals surface area contributed by atoms with Gasteiger partial charge in [-0.25, -0.2) is 4.98 Å². The quantitative estimate of drug-likeness (QED) is 0.881. The predicted octanol–water partition coefficient (Wildman–Crippen LogP) is 2.53. The van der Waals surface area contributed by atoms with E-state index >= 15 is 0 Å². The van der Waals surface area contributed by atoms with Gasteiger partial charge < -0.3 is 14.8 Å². The molecule has 2 N–H and O–H groups in total. The highest BCUT2D eigenvalue weighted by atomic mass is 16.3. The number of aliphatic hydroxyl groups is 1. The largest absolute Gasteiger partial charge is 0.396 e. The van der Waals surface area contributed by atoms with Gasteiger partial charge in [0.05, 0.1) is 11.4 Å². The van der Waals surface area contributed by atoms with E-state index in [0.717, 1.165) is 24.3 Å². The van der Waals surface area contributed by atoms with Gasteiger partial charge in [-0.1, -0.05) is 26.8 Å². The van der Waals surface area contributed by atoms with Crippen LogP contribution >= 0.6 is 0 Å². The molecular weight excluding hydrogens is 250 g/mol. The fraction of sp³-hybridized carbons (Fsp3) is 0.562. The van der Waals surface area contributed by atoms with Gasteiger partial charge in [-0.2, -0.15) is 0 Å². The van der Waals surface area contributed by atoms with E-state index < -0.39 is 0 Å². The van der Waals surface area contributed by atoms with Crippen molar-refractivity contribution in [3.8, 4) is 0 Å². The highest BCUT2D eigenvalue weighted by Gasteiger charge is 2.24. The zero-order chi connectivity index (χ0) is 14.8. The zero-order valence-corrected chi connectivity index (χ0v) is 12.8. The third kappa shape index (κ3) is 3.19. The van der Waals surface area contributed by atoms with Gasteiger partial charge in [0.15, 0.2) is 0 Å². The molecule has 0 spiro atoms. The van der Waals surface area contributed by atoms with Crippen molar-refractivity contribution >= 4 is 5.65 Å². The second-order valence-corrected chi connectivity index (χ2v) is 6.38. The first-order valence-corrected chi connectivity index (χ1v) is 7.20. The first-order chi connectivity index (χ1) is 9.43. The number of aliphatic hydroxyl groups excluding tert-OH is 1. The average Bonchev–Trinajstić information content (AvgIpc) is 2.69. The lowest BCUT2D eigenvalue weighted by Gasteiger charge is -2.31. The lowest BCUT2D eigenvalue weighted by molar-refractivity contribution is 0.196. The van der Waals surface area contributed by atoms with E-state index in [-0.39, 0.29) is 18.1 Å². The molecule has 4 heteroatoms. The Bertz CT molecular complexity index is 569. The minimum atomic E-state index is 0.122. The maximum Gasteiger partial charge on any atom is 0.137 e. The SMILES string of the molecule is Cc1nc2ccccn2c1CNC(CCO)C(C)(C)C. The van der Waals surface area contributed by atoms with Gasteiger partial charge in [-0.05, 0) is 30.9 Å². The molecule has 0 aliphatic heterocycles. The smallest absolute Gasteiger partial charge is 0.137 e. The summed E-state index contributed by atoms with van der Waals surface area (Å²) in [6.07, 6.45) is 2.81. The molecule has 2 heterocycles. The maximum absolute atomic E-state index is 9.23. The van der Waals surface area contributed by atoms with Gasteiger partial charge in [-0.3, -0.25) is 0 Å². The molecule has 0 fully saturated rings. The Hall–Kier alpha value is -1.39. The molecule has 2 aromatic rings. The van der Waals surface area contributed by atoms with E-state index in [1.807, 2.05) is 31.3 Å². The minimum absolute atomic E-state index is 0.122. The van der Waals surface area contributed by atoms with Crippen molar-refractivity contribution in [3.63, 3.8) is 0 Å². The number of aromatic nitrogens is 2. The Kier molecular flexibility index (Phi) is 4.45. The molecule has 2 rings (SSSR count). The summed E-state index contributed by atoms with van der Waals surface area (Å²) in [6.45, 7) is 9.60. The predicted molar refractivity (Wildman–Crippen MR) is 81.7 cm³/mol. The number of nitrogens with zero attached hydrogens (tertiary/aromatic N) is 2. The van der Waals surface area contributed by atoms with Crippen LogP contribution in [-0.4, -0.2) is 27.1 Å². The Morgan fingerprint density at radius 3 is 2.75 bits per heavy atom. The molecule has 0 saturated heterocycles. The number of hydrogen-bond acceptors (Lipinski definition) is 3. The molecule has 20 heavy (non-hydrogen) atoms. The van der Waals surface area contributed by atoms with E-state index in [4.69, 9.17) is 0 Å². The topological polar surface area (TPSA) is 49.6 Å². The van der Waals surface area contributed by atoms with E-state index in [1.165, 1.54) is 5.69 Å². The molecule has 0 amide bonds. The van der Waals surface area contributed by atoms with Crippen LogP contribution in [0.15, 0.2) is 24.4 Å². The van der Waals surface area contributed by atoms with Crippen molar-refractivity contribution in [2.24, 2.45) is 5.41 Å². The van der Waals surface area contributed by atoms with Crippen molar-refractivity contribution in [1.82, 2.24) is 14.7 Å². The van der Waals surface area contributed by atoms with Gasteiger partial charge in [0.25, 0.3) is 0 Å². The molecule has 1 unspecified atom stereocenters. The second kappa shape index (κ2) is 5.94. The van der Waals surface area contributed by atoms with Crippen LogP contribution in [0.5, 0.6) is 0 Å². The number of imidazole rings is 1. The maximum atomic E-state index is 9.23. The molecule has 1 atom stereocenters. The van der Waals surface area contributed by atoms with Crippen molar-refractivity contribution < 1.29 is 5.11 Å². The summed E-state index contributed by atoms with van der Waals surface area (Å²) in [5, 5.41) is 12.8. The van der Waals surface area contributed by atoms with E-state index in [9.17, 15) is 5.11 Å². The van der Waals surface area contributed by atoms with Crippen LogP contribution < -0.4 is 5.32 Å². The zero-order valence-electron chi connectivity index (χ0n) is 12.8. The van der Waals surface area contributed by atoms with Crippen LogP contribution in [0.3, 0.4) is 0 Å². The lowest BCUT2D eigenvalue weighted by atomic mass is 9.85. The van der Waals surface area contributed by atoms with E-state index in [2.05, 4.69) is 35.5 Å². The Labute approximate surface area is 120 Å². The standard InChI is InChI=1S/C16H25N3O/c1-12-13(19-9-6-5-7-15(19)18-12)11-17-14(8-10-20)16(2,3)4/h5-7,9,14,17,20H,8,10-11H2,1-4H3. The summed E-state index contributed by atoms with van der Waals surface area (Å²) >= 11 is 0. The molecular formula is C16H25N3O. The van der Waals surface area contributed by atoms with Gasteiger partial charge in [0.1, 0.15) is 5.65 Å². The Morgan fingerprint density at radius 2 is 2.10 bits per heavy atom. The van der Waals surface area contributed by atoms with Crippen molar-refractivity contribution in [2.45, 2.75) is 46.7 Å². The van der Waals surface area contributed by atoms with E-state index in [0.29, 0.717) is 0 Å². The van der Waals surface area contributed by atoms with Gasteiger partial charge in [0.2, 0.25) is 0 Å². The minimum Gasteiger partial charge on any atom is -0.396 e. The average molecular weight is 275 g/mol. The number of rotatable bonds is 5. The Morgan fingerprint density at radius 1 is 1.35 bits per heavy atom. The fourth-order valence-corrected chi connectivity index (χ4v) is 2.57. The first kappa shape index (κ1) is 15.0. The number of hydrogen-bond donors (Lipinski definition) is 2. The molecule has 0 aliphatic carbocycles. The van der Waals surface area contributed by atoms with Crippen molar-refractivity contribution in [2.75, 3.05) is 6.61 Å². The highest BCUT2D eigenvalue weighted by Crippen LogP contribution is 2.22. The molecule has 110 valence electrons. The lowest BCUT2D eigenvalue weighted by Crippen LogP contribution is -2.40. The number of nitrogens with one attached hydrogen (secondary N) is 1. The van der Waals surface area contributed by atoms with Gasteiger partial charge in [0, 0.05) is 25.4 Å². The van der Waals surface area contributed by atoms with Crippen molar-refractivity contribution in [1.29, 1.82) is 0 Å². The van der Waals surface area contributed by atoms with Gasteiger partial charge in [-0.15, -0.1) is 0 Å². The van der Waals surface area contributed by atoms with E-state index in [1.54, 1.807) is 0 Å². The van der Waals surface area contributed by atoms with Crippen molar-refractivity contribution in [3.05, 3.63) is 35.8 Å². The number of pyridine rings is 1. The molecule has 0 saturated carbocycles. The van der Waals surface area contributed by atoms with Crippen LogP contribution in [0.4, 0.5) is 0 Å². The monoisotopic (exact) mass is 275 g/mol. The van der Waals surface area contributed by atoms with Crippen LogP contribution in [0.2, 0.25) is 0 Å². The third-order valence-corrected chi connectivity index (χ3v) is 3.81. The summed E-state index contributed by atoms with van der Waals surface area (Å²) in [6, 6.07) is 6.32. The molecule has 0 aromatic carbocycles. The summed E-state index contributed by atoms with van der Waals surface area (Å²) in [7, 11) is 0. The molecule has 0 aliphatic rings. The van der Waals surface area contributed by atoms with Gasteiger partial charge >= 0.3 is 0 Å². The van der Waals surface area contributed by atoms with Crippen LogP contribution in [0.25, 0.3) is 5.65 Å². The molecule has 0 radical (unpaired) electrons. The van der Waals surface area contributed by atoms with Crippen LogP contribution in [-0.2, 0) is 6.54 Å². The summed E-state index contributed by atoms with van der Waals surface area (Å²) in [5.74, 6) is 0. The highest BCUT2D eigenvalue weighted by molar-refractivity contribution is 5.42. The van der Waals surface area contributed by atoms with Crippen LogP contribution in [0, 0.1) is 12.3 Å². The summed E-state index contributed by atoms with van der Waals surface area (Å²) in [5.41, 5.74) is 3.35. The molecule has 4 nitrogen and oxygen atoms in total. The molecule has 0 bridgehead atoms. The van der Waals surface area contributed by atoms with Crippen LogP contribution in [0.1, 0.15) is 38.6 Å². The Balaban J connectivity index is 2.17. The fourth-order valence-electron chi connectivity index (χ4n) is 2.57. The normalized spacial score (nSPS) is 13.8. The second-order valence-electron chi connectivity index (χ2n) is 6.38. The molecule has 2 aromatic heterocycles. The number of fused-ring (bicyclic) bond motifs is 1.